The van der Waals surface area contributed by atoms with Crippen molar-refractivity contribution in [2.24, 2.45) is 5.73 Å². The van der Waals surface area contributed by atoms with Crippen LogP contribution in [0, 0.1) is 5.41 Å². The van der Waals surface area contributed by atoms with E-state index >= 15 is 0 Å². The number of alkyl halides is 3. The van der Waals surface area contributed by atoms with Crippen LogP contribution in [0.25, 0.3) is 10.9 Å². The fourth-order valence-corrected chi connectivity index (χ4v) is 1.86. The van der Waals surface area contributed by atoms with E-state index in [0.717, 1.165) is 17.0 Å². The van der Waals surface area contributed by atoms with E-state index in [1.54, 1.807) is 0 Å². The van der Waals surface area contributed by atoms with Gasteiger partial charge in [-0.05, 0) is 12.1 Å². The molecule has 0 saturated carbocycles. The van der Waals surface area contributed by atoms with E-state index in [1.165, 1.54) is 7.05 Å². The quantitative estimate of drug-likeness (QED) is 0.474. The van der Waals surface area contributed by atoms with E-state index in [1.807, 2.05) is 0 Å². The van der Waals surface area contributed by atoms with Crippen molar-refractivity contribution >= 4 is 35.2 Å². The maximum Gasteiger partial charge on any atom is 0.417 e. The summed E-state index contributed by atoms with van der Waals surface area (Å²) in [4.78, 5) is 15.2. The Morgan fingerprint density at radius 1 is 1.36 bits per heavy atom. The van der Waals surface area contributed by atoms with Gasteiger partial charge in [0, 0.05) is 18.5 Å². The van der Waals surface area contributed by atoms with Crippen LogP contribution >= 0.6 is 12.4 Å². The van der Waals surface area contributed by atoms with Crippen molar-refractivity contribution in [3.8, 4) is 5.75 Å². The summed E-state index contributed by atoms with van der Waals surface area (Å²) in [5, 5.41) is 16.2. The number of nitrogens with zero attached hydrogens (tertiary/aromatic N) is 1. The van der Waals surface area contributed by atoms with E-state index in [4.69, 9.17) is 11.1 Å². The minimum absolute atomic E-state index is 0. The molecule has 1 aromatic heterocycles. The molecule has 0 radical (unpaired) electrons. The van der Waals surface area contributed by atoms with Crippen molar-refractivity contribution in [2.45, 2.75) is 6.18 Å². The van der Waals surface area contributed by atoms with Gasteiger partial charge in [0.15, 0.2) is 5.96 Å². The van der Waals surface area contributed by atoms with Crippen LogP contribution in [0.4, 0.5) is 13.2 Å². The minimum Gasteiger partial charge on any atom is -0.508 e. The second kappa shape index (κ2) is 5.76. The van der Waals surface area contributed by atoms with Crippen LogP contribution in [0.2, 0.25) is 0 Å². The van der Waals surface area contributed by atoms with Crippen molar-refractivity contribution in [1.29, 1.82) is 5.41 Å². The zero-order valence-corrected chi connectivity index (χ0v) is 12.0. The topological polar surface area (TPSA) is 106 Å². The molecule has 0 bridgehead atoms. The number of aromatic nitrogens is 1. The molecule has 0 aliphatic rings. The number of H-pyrrole nitrogens is 1. The molecule has 0 atom stereocenters. The third-order valence-electron chi connectivity index (χ3n) is 2.92. The van der Waals surface area contributed by atoms with Gasteiger partial charge in [0.25, 0.3) is 5.91 Å². The number of nitrogens with one attached hydrogen (secondary N) is 2. The van der Waals surface area contributed by atoms with E-state index in [-0.39, 0.29) is 29.0 Å². The number of aromatic amines is 1. The molecular formula is C12H12ClF3N4O2. The number of phenolic OH excluding ortho intramolecular Hbond substituents is 1. The molecule has 10 heteroatoms. The largest absolute Gasteiger partial charge is 0.508 e. The van der Waals surface area contributed by atoms with Crippen LogP contribution in [0.3, 0.4) is 0 Å². The molecule has 1 amide bonds. The molecule has 120 valence electrons. The molecule has 2 rings (SSSR count). The van der Waals surface area contributed by atoms with Gasteiger partial charge in [0.05, 0.1) is 11.1 Å². The minimum atomic E-state index is -4.67. The predicted octanol–water partition coefficient (Wildman–Crippen LogP) is 2.28. The molecule has 0 unspecified atom stereocenters. The number of nitrogens with two attached hydrogens (primary N) is 1. The zero-order valence-electron chi connectivity index (χ0n) is 11.2. The lowest BCUT2D eigenvalue weighted by molar-refractivity contribution is -0.136. The van der Waals surface area contributed by atoms with Gasteiger partial charge >= 0.3 is 6.18 Å². The number of hydrogen-bond acceptors (Lipinski definition) is 3. The summed E-state index contributed by atoms with van der Waals surface area (Å²) in [6, 6.07) is 2.67. The van der Waals surface area contributed by atoms with Crippen molar-refractivity contribution in [3.05, 3.63) is 29.5 Å². The SMILES string of the molecule is CN(C(=N)N)C(=O)c1cc2c(C(F)(F)F)cc(O)cc2[nH]1.Cl. The molecule has 5 N–H and O–H groups in total. The van der Waals surface area contributed by atoms with Crippen LogP contribution in [0.1, 0.15) is 16.1 Å². The summed E-state index contributed by atoms with van der Waals surface area (Å²) < 4.78 is 38.8. The fourth-order valence-electron chi connectivity index (χ4n) is 1.86. The average Bonchev–Trinajstić information content (AvgIpc) is 2.77. The van der Waals surface area contributed by atoms with Gasteiger partial charge in [-0.1, -0.05) is 0 Å². The number of aromatic hydroxyl groups is 1. The van der Waals surface area contributed by atoms with Crippen molar-refractivity contribution in [3.63, 3.8) is 0 Å². The standard InChI is InChI=1S/C12H11F3N4O2.ClH/c1-19(11(16)17)10(21)9-4-6-7(12(13,14)15)2-5(20)3-8(6)18-9;/h2-4,18,20H,1H3,(H3,16,17);1H. The first kappa shape index (κ1) is 17.6. The van der Waals surface area contributed by atoms with Crippen LogP contribution in [0.5, 0.6) is 5.75 Å². The third-order valence-corrected chi connectivity index (χ3v) is 2.92. The van der Waals surface area contributed by atoms with E-state index in [2.05, 4.69) is 4.98 Å². The molecule has 0 fully saturated rings. The summed E-state index contributed by atoms with van der Waals surface area (Å²) in [6.07, 6.45) is -4.67. The molecular weight excluding hydrogens is 325 g/mol. The number of benzene rings is 1. The Balaban J connectivity index is 0.00000242. The Kier molecular flexibility index (Phi) is 4.61. The number of guanidine groups is 1. The monoisotopic (exact) mass is 336 g/mol. The molecule has 6 nitrogen and oxygen atoms in total. The zero-order chi connectivity index (χ0) is 15.9. The Morgan fingerprint density at radius 3 is 2.45 bits per heavy atom. The van der Waals surface area contributed by atoms with Crippen molar-refractivity contribution < 1.29 is 23.1 Å². The first-order valence-electron chi connectivity index (χ1n) is 5.66. The van der Waals surface area contributed by atoms with E-state index < -0.39 is 29.4 Å². The maximum absolute atomic E-state index is 12.9. The average molecular weight is 337 g/mol. The number of carbonyl (C=O) groups excluding carboxylic acids is 1. The van der Waals surface area contributed by atoms with Crippen molar-refractivity contribution in [1.82, 2.24) is 9.88 Å². The summed E-state index contributed by atoms with van der Waals surface area (Å²) in [5.41, 5.74) is 3.88. The Morgan fingerprint density at radius 2 is 1.95 bits per heavy atom. The first-order valence-corrected chi connectivity index (χ1v) is 5.66. The molecule has 0 aliphatic heterocycles. The molecule has 0 saturated heterocycles. The van der Waals surface area contributed by atoms with Gasteiger partial charge < -0.3 is 15.8 Å². The number of phenols is 1. The second-order valence-corrected chi connectivity index (χ2v) is 4.38. The number of hydrogen-bond donors (Lipinski definition) is 4. The lowest BCUT2D eigenvalue weighted by atomic mass is 10.1. The van der Waals surface area contributed by atoms with Gasteiger partial charge in [0.1, 0.15) is 11.4 Å². The number of carbonyl (C=O) groups is 1. The van der Waals surface area contributed by atoms with Gasteiger partial charge in [-0.15, -0.1) is 12.4 Å². The molecule has 22 heavy (non-hydrogen) atoms. The Labute approximate surface area is 128 Å². The molecule has 2 aromatic rings. The highest BCUT2D eigenvalue weighted by atomic mass is 35.5. The van der Waals surface area contributed by atoms with Gasteiger partial charge in [-0.25, -0.2) is 0 Å². The van der Waals surface area contributed by atoms with Crippen LogP contribution < -0.4 is 5.73 Å². The number of amides is 1. The summed E-state index contributed by atoms with van der Waals surface area (Å²) >= 11 is 0. The van der Waals surface area contributed by atoms with Gasteiger partial charge in [-0.3, -0.25) is 15.1 Å². The fraction of sp³-hybridized carbons (Fsp3) is 0.167. The summed E-state index contributed by atoms with van der Waals surface area (Å²) in [5.74, 6) is -1.88. The normalized spacial score (nSPS) is 11.1. The summed E-state index contributed by atoms with van der Waals surface area (Å²) in [6.45, 7) is 0. The number of fused-ring (bicyclic) bond motifs is 1. The molecule has 0 aliphatic carbocycles. The lowest BCUT2D eigenvalue weighted by Gasteiger charge is -2.12. The first-order chi connectivity index (χ1) is 9.61. The number of rotatable bonds is 1. The Bertz CT molecular complexity index is 742. The Hall–Kier alpha value is -2.42. The smallest absolute Gasteiger partial charge is 0.417 e. The van der Waals surface area contributed by atoms with Crippen molar-refractivity contribution in [2.75, 3.05) is 7.05 Å². The second-order valence-electron chi connectivity index (χ2n) is 4.38. The van der Waals surface area contributed by atoms with Crippen LogP contribution in [-0.4, -0.2) is 33.9 Å². The highest BCUT2D eigenvalue weighted by Crippen LogP contribution is 2.37. The van der Waals surface area contributed by atoms with Gasteiger partial charge in [-0.2, -0.15) is 13.2 Å². The van der Waals surface area contributed by atoms with E-state index in [9.17, 15) is 23.1 Å². The van der Waals surface area contributed by atoms with Crippen LogP contribution in [-0.2, 0) is 6.18 Å². The van der Waals surface area contributed by atoms with Crippen LogP contribution in [0.15, 0.2) is 18.2 Å². The summed E-state index contributed by atoms with van der Waals surface area (Å²) in [7, 11) is 1.22. The maximum atomic E-state index is 12.9. The van der Waals surface area contributed by atoms with Gasteiger partial charge in [0.2, 0.25) is 0 Å². The highest BCUT2D eigenvalue weighted by molar-refractivity contribution is 6.06. The molecule has 1 aromatic carbocycles. The molecule has 1 heterocycles. The highest BCUT2D eigenvalue weighted by Gasteiger charge is 2.34. The van der Waals surface area contributed by atoms with E-state index in [0.29, 0.717) is 6.07 Å². The predicted molar refractivity (Wildman–Crippen MR) is 76.2 cm³/mol. The molecule has 0 spiro atoms. The number of halogens is 4. The lowest BCUT2D eigenvalue weighted by Crippen LogP contribution is -2.38. The third kappa shape index (κ3) is 3.08.